The normalized spacial score (nSPS) is 20.0. The molecule has 0 aliphatic carbocycles. The van der Waals surface area contributed by atoms with Crippen LogP contribution in [0.4, 0.5) is 4.79 Å². The van der Waals surface area contributed by atoms with Crippen LogP contribution in [0.25, 0.3) is 0 Å². The Hall–Kier alpha value is -1.83. The molecule has 120 valence electrons. The molecular weight excluding hydrogens is 280 g/mol. The average molecular weight is 302 g/mol. The second kappa shape index (κ2) is 6.75. The fourth-order valence-corrected chi connectivity index (χ4v) is 2.12. The summed E-state index contributed by atoms with van der Waals surface area (Å²) in [5, 5.41) is 20.6. The lowest BCUT2D eigenvalue weighted by molar-refractivity contribution is -0.149. The molecule has 1 heterocycles. The van der Waals surface area contributed by atoms with Crippen LogP contribution in [0.15, 0.2) is 0 Å². The van der Waals surface area contributed by atoms with E-state index in [0.29, 0.717) is 19.4 Å². The van der Waals surface area contributed by atoms with Crippen molar-refractivity contribution in [1.29, 1.82) is 0 Å². The number of carboxylic acids is 1. The van der Waals surface area contributed by atoms with Crippen molar-refractivity contribution in [2.75, 3.05) is 13.2 Å². The molecule has 3 N–H and O–H groups in total. The molecule has 1 aliphatic rings. The van der Waals surface area contributed by atoms with Gasteiger partial charge in [-0.3, -0.25) is 4.79 Å². The summed E-state index contributed by atoms with van der Waals surface area (Å²) in [6, 6.07) is -2.12. The fraction of sp³-hybridized carbons (Fsp3) is 0.769. The molecule has 1 rings (SSSR count). The van der Waals surface area contributed by atoms with E-state index in [-0.39, 0.29) is 0 Å². The number of carbonyl (C=O) groups is 3. The number of carboxylic acid groups (broad SMARTS) is 1. The van der Waals surface area contributed by atoms with Crippen molar-refractivity contribution >= 4 is 18.0 Å². The molecule has 8 nitrogen and oxygen atoms in total. The molecule has 2 atom stereocenters. The molecule has 0 aromatic heterocycles. The van der Waals surface area contributed by atoms with Crippen LogP contribution in [0.5, 0.6) is 0 Å². The van der Waals surface area contributed by atoms with E-state index >= 15 is 0 Å². The first-order chi connectivity index (χ1) is 9.65. The quantitative estimate of drug-likeness (QED) is 0.670. The van der Waals surface area contributed by atoms with Crippen LogP contribution in [0.2, 0.25) is 0 Å². The van der Waals surface area contributed by atoms with Gasteiger partial charge < -0.3 is 25.2 Å². The third-order valence-corrected chi connectivity index (χ3v) is 2.99. The highest BCUT2D eigenvalue weighted by molar-refractivity contribution is 5.89. The van der Waals surface area contributed by atoms with Crippen LogP contribution in [-0.2, 0) is 14.3 Å². The van der Waals surface area contributed by atoms with Crippen molar-refractivity contribution in [2.24, 2.45) is 0 Å². The molecule has 0 radical (unpaired) electrons. The van der Waals surface area contributed by atoms with Crippen molar-refractivity contribution < 1.29 is 29.3 Å². The van der Waals surface area contributed by atoms with Gasteiger partial charge in [-0.25, -0.2) is 9.59 Å². The van der Waals surface area contributed by atoms with Gasteiger partial charge in [-0.15, -0.1) is 0 Å². The maximum Gasteiger partial charge on any atom is 0.408 e. The third kappa shape index (κ3) is 4.89. The summed E-state index contributed by atoms with van der Waals surface area (Å²) in [5.74, 6) is -1.71. The van der Waals surface area contributed by atoms with Gasteiger partial charge in [-0.1, -0.05) is 0 Å². The number of nitrogens with zero attached hydrogens (tertiary/aromatic N) is 1. The first-order valence-corrected chi connectivity index (χ1v) is 6.79. The Morgan fingerprint density at radius 2 is 2.00 bits per heavy atom. The zero-order valence-corrected chi connectivity index (χ0v) is 12.5. The maximum atomic E-state index is 12.2. The van der Waals surface area contributed by atoms with Crippen molar-refractivity contribution in [3.63, 3.8) is 0 Å². The first kappa shape index (κ1) is 17.2. The van der Waals surface area contributed by atoms with Gasteiger partial charge in [0.15, 0.2) is 0 Å². The van der Waals surface area contributed by atoms with Gasteiger partial charge in [0, 0.05) is 6.54 Å². The van der Waals surface area contributed by atoms with Crippen molar-refractivity contribution in [2.45, 2.75) is 51.3 Å². The number of aliphatic hydroxyl groups excluding tert-OH is 1. The minimum Gasteiger partial charge on any atom is -0.480 e. The van der Waals surface area contributed by atoms with Gasteiger partial charge in [0.25, 0.3) is 0 Å². The number of aliphatic hydroxyl groups is 1. The Morgan fingerprint density at radius 1 is 1.38 bits per heavy atom. The number of hydrogen-bond acceptors (Lipinski definition) is 5. The molecule has 0 saturated carbocycles. The maximum absolute atomic E-state index is 12.2. The number of carbonyl (C=O) groups excluding carboxylic acids is 2. The van der Waals surface area contributed by atoms with Gasteiger partial charge >= 0.3 is 12.1 Å². The lowest BCUT2D eigenvalue weighted by atomic mass is 10.2. The minimum absolute atomic E-state index is 0.294. The van der Waals surface area contributed by atoms with Gasteiger partial charge in [-0.2, -0.15) is 0 Å². The largest absolute Gasteiger partial charge is 0.480 e. The van der Waals surface area contributed by atoms with E-state index in [4.69, 9.17) is 9.84 Å². The topological polar surface area (TPSA) is 116 Å². The Bertz CT molecular complexity index is 417. The van der Waals surface area contributed by atoms with Gasteiger partial charge in [-0.05, 0) is 33.6 Å². The summed E-state index contributed by atoms with van der Waals surface area (Å²) in [6.45, 7) is 4.68. The number of likely N-dealkylation sites (tertiary alicyclic amines) is 1. The molecule has 0 bridgehead atoms. The predicted molar refractivity (Wildman–Crippen MR) is 72.6 cm³/mol. The molecule has 2 amide bonds. The zero-order valence-electron chi connectivity index (χ0n) is 12.5. The molecule has 1 fully saturated rings. The Labute approximate surface area is 123 Å². The van der Waals surface area contributed by atoms with Crippen LogP contribution in [-0.4, -0.2) is 63.9 Å². The number of hydrogen-bond donors (Lipinski definition) is 3. The lowest BCUT2D eigenvalue weighted by Crippen LogP contribution is -2.53. The standard InChI is InChI=1S/C13H22N2O6/c1-13(2,3)21-12(20)14-8(7-16)10(17)15-6-4-5-9(15)11(18)19/h8-9,16H,4-7H2,1-3H3,(H,14,20)(H,18,19)/t8-,9-/m0/s1. The zero-order chi connectivity index (χ0) is 16.2. The monoisotopic (exact) mass is 302 g/mol. The van der Waals surface area contributed by atoms with Crippen LogP contribution in [0.1, 0.15) is 33.6 Å². The molecule has 8 heteroatoms. The summed E-state index contributed by atoms with van der Waals surface area (Å²) in [6.07, 6.45) is 0.111. The Morgan fingerprint density at radius 3 is 2.48 bits per heavy atom. The van der Waals surface area contributed by atoms with E-state index < -0.39 is 42.3 Å². The Balaban J connectivity index is 2.69. The molecule has 0 aromatic rings. The molecular formula is C13H22N2O6. The molecule has 1 aliphatic heterocycles. The second-order valence-electron chi connectivity index (χ2n) is 5.91. The molecule has 0 unspecified atom stereocenters. The van der Waals surface area contributed by atoms with E-state index in [1.54, 1.807) is 20.8 Å². The van der Waals surface area contributed by atoms with Crippen LogP contribution >= 0.6 is 0 Å². The SMILES string of the molecule is CC(C)(C)OC(=O)N[C@@H](CO)C(=O)N1CCC[C@H]1C(=O)O. The summed E-state index contributed by atoms with van der Waals surface area (Å²) >= 11 is 0. The van der Waals surface area contributed by atoms with E-state index in [1.807, 2.05) is 0 Å². The number of ether oxygens (including phenoxy) is 1. The van der Waals surface area contributed by atoms with Crippen molar-refractivity contribution in [1.82, 2.24) is 10.2 Å². The fourth-order valence-electron chi connectivity index (χ4n) is 2.12. The molecule has 0 aromatic carbocycles. The third-order valence-electron chi connectivity index (χ3n) is 2.99. The van der Waals surface area contributed by atoms with Crippen molar-refractivity contribution in [3.8, 4) is 0 Å². The lowest BCUT2D eigenvalue weighted by Gasteiger charge is -2.27. The summed E-state index contributed by atoms with van der Waals surface area (Å²) in [4.78, 5) is 36.1. The smallest absolute Gasteiger partial charge is 0.408 e. The Kier molecular flexibility index (Phi) is 5.54. The summed E-state index contributed by atoms with van der Waals surface area (Å²) in [5.41, 5.74) is -0.732. The van der Waals surface area contributed by atoms with Crippen LogP contribution in [0.3, 0.4) is 0 Å². The van der Waals surface area contributed by atoms with Crippen LogP contribution in [0, 0.1) is 0 Å². The summed E-state index contributed by atoms with van der Waals surface area (Å²) < 4.78 is 5.01. The van der Waals surface area contributed by atoms with Gasteiger partial charge in [0.2, 0.25) is 5.91 Å². The highest BCUT2D eigenvalue weighted by atomic mass is 16.6. The van der Waals surface area contributed by atoms with Gasteiger partial charge in [0.1, 0.15) is 17.7 Å². The highest BCUT2D eigenvalue weighted by Crippen LogP contribution is 2.18. The predicted octanol–water partition coefficient (Wildman–Crippen LogP) is -0.0524. The molecule has 21 heavy (non-hydrogen) atoms. The number of amides is 2. The van der Waals surface area contributed by atoms with E-state index in [9.17, 15) is 19.5 Å². The first-order valence-electron chi connectivity index (χ1n) is 6.79. The molecule has 0 spiro atoms. The van der Waals surface area contributed by atoms with Gasteiger partial charge in [0.05, 0.1) is 6.61 Å². The van der Waals surface area contributed by atoms with Crippen LogP contribution < -0.4 is 5.32 Å². The van der Waals surface area contributed by atoms with E-state index in [1.165, 1.54) is 4.90 Å². The minimum atomic E-state index is -1.21. The number of nitrogens with one attached hydrogen (secondary N) is 1. The van der Waals surface area contributed by atoms with E-state index in [2.05, 4.69) is 5.32 Å². The highest BCUT2D eigenvalue weighted by Gasteiger charge is 2.37. The summed E-state index contributed by atoms with van der Waals surface area (Å²) in [7, 11) is 0. The van der Waals surface area contributed by atoms with E-state index in [0.717, 1.165) is 0 Å². The molecule has 1 saturated heterocycles. The number of rotatable bonds is 4. The average Bonchev–Trinajstić information content (AvgIpc) is 2.82. The second-order valence-corrected chi connectivity index (χ2v) is 5.91. The number of aliphatic carboxylic acids is 1. The number of alkyl carbamates (subject to hydrolysis) is 1. The van der Waals surface area contributed by atoms with Crippen molar-refractivity contribution in [3.05, 3.63) is 0 Å².